The molecule has 1 rings (SSSR count). The van der Waals surface area contributed by atoms with Crippen molar-refractivity contribution in [3.8, 4) is 0 Å². The zero-order valence-electron chi connectivity index (χ0n) is 8.14. The summed E-state index contributed by atoms with van der Waals surface area (Å²) in [6, 6.07) is 1.02. The summed E-state index contributed by atoms with van der Waals surface area (Å²) in [5.74, 6) is -0.739. The van der Waals surface area contributed by atoms with E-state index in [9.17, 15) is 13.6 Å². The molecule has 0 N–H and O–H groups in total. The second-order valence-corrected chi connectivity index (χ2v) is 4.14. The number of alkyl halides is 3. The molecule has 0 unspecified atom stereocenters. The molecule has 0 spiro atoms. The van der Waals surface area contributed by atoms with Gasteiger partial charge in [0.2, 0.25) is 0 Å². The van der Waals surface area contributed by atoms with Crippen LogP contribution in [0.2, 0.25) is 0 Å². The van der Waals surface area contributed by atoms with E-state index in [4.69, 9.17) is 0 Å². The number of aromatic nitrogens is 1. The van der Waals surface area contributed by atoms with E-state index in [1.165, 1.54) is 7.11 Å². The van der Waals surface area contributed by atoms with Crippen molar-refractivity contribution in [1.29, 1.82) is 0 Å². The van der Waals surface area contributed by atoms with Crippen LogP contribution in [0.3, 0.4) is 0 Å². The van der Waals surface area contributed by atoms with Gasteiger partial charge < -0.3 is 4.74 Å². The van der Waals surface area contributed by atoms with Crippen molar-refractivity contribution in [2.24, 2.45) is 0 Å². The van der Waals surface area contributed by atoms with Gasteiger partial charge in [0.25, 0.3) is 6.43 Å². The highest BCUT2D eigenvalue weighted by Gasteiger charge is 2.20. The Bertz CT molecular complexity index is 413. The highest BCUT2D eigenvalue weighted by Crippen LogP contribution is 2.31. The monoisotopic (exact) mass is 357 g/mol. The highest BCUT2D eigenvalue weighted by molar-refractivity contribution is 9.10. The van der Waals surface area contributed by atoms with E-state index in [-0.39, 0.29) is 21.1 Å². The van der Waals surface area contributed by atoms with Crippen LogP contribution >= 0.6 is 31.9 Å². The molecule has 3 nitrogen and oxygen atoms in total. The van der Waals surface area contributed by atoms with Gasteiger partial charge in [-0.25, -0.2) is 18.6 Å². The third kappa shape index (κ3) is 2.76. The van der Waals surface area contributed by atoms with Crippen molar-refractivity contribution in [1.82, 2.24) is 4.98 Å². The first kappa shape index (κ1) is 13.5. The maximum Gasteiger partial charge on any atom is 0.356 e. The minimum absolute atomic E-state index is 0.129. The van der Waals surface area contributed by atoms with Crippen molar-refractivity contribution in [2.75, 3.05) is 7.11 Å². The molecule has 0 aliphatic carbocycles. The summed E-state index contributed by atoms with van der Waals surface area (Å²) in [4.78, 5) is 15.1. The van der Waals surface area contributed by atoms with Gasteiger partial charge >= 0.3 is 5.97 Å². The summed E-state index contributed by atoms with van der Waals surface area (Å²) in [5, 5.41) is 0.262. The van der Waals surface area contributed by atoms with Gasteiger partial charge in [0.1, 0.15) is 5.69 Å². The fourth-order valence-electron chi connectivity index (χ4n) is 1.06. The van der Waals surface area contributed by atoms with E-state index in [0.717, 1.165) is 6.07 Å². The van der Waals surface area contributed by atoms with E-state index >= 15 is 0 Å². The standard InChI is InChI=1S/C9H7Br2F2NO2/c1-16-9(15)5-2-4(8(12)13)7(11)6(3-10)14-5/h2,8H,3H2,1H3. The Labute approximate surface area is 107 Å². The van der Waals surface area contributed by atoms with Crippen LogP contribution in [0.4, 0.5) is 8.78 Å². The molecule has 0 bridgehead atoms. The van der Waals surface area contributed by atoms with E-state index in [0.29, 0.717) is 5.69 Å². The third-order valence-electron chi connectivity index (χ3n) is 1.81. The second kappa shape index (κ2) is 5.67. The van der Waals surface area contributed by atoms with Crippen LogP contribution in [-0.2, 0) is 10.1 Å². The largest absolute Gasteiger partial charge is 0.464 e. The number of ether oxygens (including phenoxy) is 1. The predicted molar refractivity (Wildman–Crippen MR) is 60.9 cm³/mol. The molecule has 0 saturated heterocycles. The molecule has 0 aromatic carbocycles. The topological polar surface area (TPSA) is 39.2 Å². The number of nitrogens with zero attached hydrogens (tertiary/aromatic N) is 1. The predicted octanol–water partition coefficient (Wildman–Crippen LogP) is 3.46. The molecule has 1 aromatic rings. The van der Waals surface area contributed by atoms with E-state index in [2.05, 4.69) is 41.6 Å². The molecule has 16 heavy (non-hydrogen) atoms. The van der Waals surface area contributed by atoms with Crippen LogP contribution in [0, 0.1) is 0 Å². The molecule has 0 fully saturated rings. The van der Waals surface area contributed by atoms with Gasteiger partial charge in [-0.3, -0.25) is 0 Å². The summed E-state index contributed by atoms with van der Waals surface area (Å²) < 4.78 is 30.0. The summed E-state index contributed by atoms with van der Waals surface area (Å²) in [5.41, 5.74) is -0.0708. The van der Waals surface area contributed by atoms with Crippen molar-refractivity contribution in [2.45, 2.75) is 11.8 Å². The summed E-state index contributed by atoms with van der Waals surface area (Å²) in [6.07, 6.45) is -2.68. The molecule has 0 amide bonds. The first-order chi connectivity index (χ1) is 7.51. The molecular weight excluding hydrogens is 352 g/mol. The molecule has 1 aromatic heterocycles. The van der Waals surface area contributed by atoms with Crippen LogP contribution in [0.25, 0.3) is 0 Å². The minimum Gasteiger partial charge on any atom is -0.464 e. The quantitative estimate of drug-likeness (QED) is 0.613. The Morgan fingerprint density at radius 2 is 2.25 bits per heavy atom. The number of hydrogen-bond donors (Lipinski definition) is 0. The molecule has 0 saturated carbocycles. The summed E-state index contributed by atoms with van der Waals surface area (Å²) >= 11 is 6.13. The van der Waals surface area contributed by atoms with Crippen molar-refractivity contribution >= 4 is 37.8 Å². The van der Waals surface area contributed by atoms with Gasteiger partial charge in [-0.05, 0) is 22.0 Å². The SMILES string of the molecule is COC(=O)c1cc(C(F)F)c(Br)c(CBr)n1. The molecule has 0 aliphatic heterocycles. The van der Waals surface area contributed by atoms with Gasteiger partial charge in [-0.2, -0.15) is 0 Å². The lowest BCUT2D eigenvalue weighted by molar-refractivity contribution is 0.0593. The van der Waals surface area contributed by atoms with Gasteiger partial charge in [0.05, 0.1) is 12.8 Å². The number of rotatable bonds is 3. The first-order valence-corrected chi connectivity index (χ1v) is 6.04. The molecule has 0 atom stereocenters. The van der Waals surface area contributed by atoms with Crippen molar-refractivity contribution in [3.05, 3.63) is 27.5 Å². The lowest BCUT2D eigenvalue weighted by atomic mass is 10.2. The number of esters is 1. The summed E-state index contributed by atoms with van der Waals surface area (Å²) in [7, 11) is 1.17. The molecular formula is C9H7Br2F2NO2. The number of carbonyl (C=O) groups excluding carboxylic acids is 1. The second-order valence-electron chi connectivity index (χ2n) is 2.78. The van der Waals surface area contributed by atoms with Crippen LogP contribution in [-0.4, -0.2) is 18.1 Å². The van der Waals surface area contributed by atoms with Gasteiger partial charge in [0, 0.05) is 15.4 Å². The Balaban J connectivity index is 3.34. The van der Waals surface area contributed by atoms with Crippen molar-refractivity contribution in [3.63, 3.8) is 0 Å². The van der Waals surface area contributed by atoms with Crippen LogP contribution in [0.15, 0.2) is 10.5 Å². The van der Waals surface area contributed by atoms with E-state index in [1.54, 1.807) is 0 Å². The highest BCUT2D eigenvalue weighted by atomic mass is 79.9. The molecule has 1 heterocycles. The molecule has 88 valence electrons. The average molecular weight is 359 g/mol. The lowest BCUT2D eigenvalue weighted by Gasteiger charge is -2.09. The van der Waals surface area contributed by atoms with Crippen molar-refractivity contribution < 1.29 is 18.3 Å². The maximum atomic E-state index is 12.7. The minimum atomic E-state index is -2.68. The Morgan fingerprint density at radius 3 is 2.69 bits per heavy atom. The normalized spacial score (nSPS) is 10.6. The van der Waals surface area contributed by atoms with Crippen LogP contribution in [0.1, 0.15) is 28.2 Å². The lowest BCUT2D eigenvalue weighted by Crippen LogP contribution is -2.08. The Hall–Kier alpha value is -0.560. The fraction of sp³-hybridized carbons (Fsp3) is 0.333. The fourth-order valence-corrected chi connectivity index (χ4v) is 2.36. The van der Waals surface area contributed by atoms with Gasteiger partial charge in [-0.1, -0.05) is 15.9 Å². The van der Waals surface area contributed by atoms with Gasteiger partial charge in [-0.15, -0.1) is 0 Å². The smallest absolute Gasteiger partial charge is 0.356 e. The van der Waals surface area contributed by atoms with E-state index < -0.39 is 12.4 Å². The number of methoxy groups -OCH3 is 1. The maximum absolute atomic E-state index is 12.7. The summed E-state index contributed by atoms with van der Waals surface area (Å²) in [6.45, 7) is 0. The zero-order valence-corrected chi connectivity index (χ0v) is 11.3. The molecule has 0 aliphatic rings. The first-order valence-electron chi connectivity index (χ1n) is 4.13. The Kier molecular flexibility index (Phi) is 4.79. The Morgan fingerprint density at radius 1 is 1.62 bits per heavy atom. The van der Waals surface area contributed by atoms with E-state index in [1.807, 2.05) is 0 Å². The number of carbonyl (C=O) groups is 1. The van der Waals surface area contributed by atoms with Crippen LogP contribution < -0.4 is 0 Å². The molecule has 7 heteroatoms. The molecule has 0 radical (unpaired) electrons. The number of hydrogen-bond acceptors (Lipinski definition) is 3. The van der Waals surface area contributed by atoms with Crippen LogP contribution in [0.5, 0.6) is 0 Å². The number of pyridine rings is 1. The average Bonchev–Trinajstić information content (AvgIpc) is 2.27. The third-order valence-corrected chi connectivity index (χ3v) is 3.26. The number of halogens is 4. The zero-order chi connectivity index (χ0) is 12.3. The van der Waals surface area contributed by atoms with Gasteiger partial charge in [0.15, 0.2) is 0 Å².